The lowest BCUT2D eigenvalue weighted by Crippen LogP contribution is -2.26. The van der Waals surface area contributed by atoms with Crippen LogP contribution in [0.25, 0.3) is 0 Å². The highest BCUT2D eigenvalue weighted by Crippen LogP contribution is 2.35. The Bertz CT molecular complexity index is 446. The first-order valence-electron chi connectivity index (χ1n) is 6.94. The van der Waals surface area contributed by atoms with Crippen LogP contribution in [-0.2, 0) is 9.53 Å². The molecule has 1 aromatic rings. The first-order chi connectivity index (χ1) is 9.38. The molecule has 0 aliphatic rings. The number of alkyl halides is 1. The molecule has 4 heteroatoms. The fraction of sp³-hybridized carbons (Fsp3) is 0.562. The van der Waals surface area contributed by atoms with Gasteiger partial charge >= 0.3 is 5.97 Å². The minimum Gasteiger partial charge on any atom is -0.466 e. The van der Waals surface area contributed by atoms with Crippen LogP contribution in [0.5, 0.6) is 0 Å². The average Bonchev–Trinajstić information content (AvgIpc) is 2.39. The van der Waals surface area contributed by atoms with Crippen LogP contribution in [0.15, 0.2) is 24.3 Å². The molecule has 0 spiro atoms. The van der Waals surface area contributed by atoms with E-state index in [1.807, 2.05) is 45.0 Å². The molecule has 1 rings (SSSR count). The topological polar surface area (TPSA) is 26.3 Å². The van der Waals surface area contributed by atoms with Gasteiger partial charge in [-0.25, -0.2) is 0 Å². The Morgan fingerprint density at radius 2 is 2.05 bits per heavy atom. The van der Waals surface area contributed by atoms with Crippen LogP contribution >= 0.6 is 27.5 Å². The zero-order chi connectivity index (χ0) is 15.2. The highest BCUT2D eigenvalue weighted by molar-refractivity contribution is 9.09. The van der Waals surface area contributed by atoms with E-state index in [1.54, 1.807) is 0 Å². The van der Waals surface area contributed by atoms with Crippen molar-refractivity contribution in [2.75, 3.05) is 6.61 Å². The quantitative estimate of drug-likeness (QED) is 0.471. The van der Waals surface area contributed by atoms with Crippen molar-refractivity contribution >= 4 is 33.5 Å². The first kappa shape index (κ1) is 17.5. The van der Waals surface area contributed by atoms with Crippen LogP contribution in [0.4, 0.5) is 0 Å². The van der Waals surface area contributed by atoms with E-state index in [9.17, 15) is 4.79 Å². The molecule has 1 atom stereocenters. The lowest BCUT2D eigenvalue weighted by molar-refractivity contribution is -0.153. The largest absolute Gasteiger partial charge is 0.466 e. The SMILES string of the molecule is CCOC(=O)C(C)(C)CCC[C@H](Br)c1ccccc1Cl. The number of rotatable bonds is 7. The normalized spacial score (nSPS) is 13.1. The predicted molar refractivity (Wildman–Crippen MR) is 87.4 cm³/mol. The molecule has 1 aromatic carbocycles. The summed E-state index contributed by atoms with van der Waals surface area (Å²) in [7, 11) is 0. The Hall–Kier alpha value is -0.540. The molecule has 0 aliphatic heterocycles. The van der Waals surface area contributed by atoms with Gasteiger partial charge in [-0.1, -0.05) is 52.2 Å². The number of ether oxygens (including phenoxy) is 1. The fourth-order valence-corrected chi connectivity index (χ4v) is 3.16. The van der Waals surface area contributed by atoms with E-state index >= 15 is 0 Å². The monoisotopic (exact) mass is 360 g/mol. The van der Waals surface area contributed by atoms with Gasteiger partial charge in [0.2, 0.25) is 0 Å². The van der Waals surface area contributed by atoms with E-state index in [1.165, 1.54) is 0 Å². The highest BCUT2D eigenvalue weighted by Gasteiger charge is 2.28. The van der Waals surface area contributed by atoms with Crippen molar-refractivity contribution in [1.29, 1.82) is 0 Å². The number of carbonyl (C=O) groups is 1. The third kappa shape index (κ3) is 5.10. The van der Waals surface area contributed by atoms with E-state index in [0.717, 1.165) is 29.8 Å². The maximum absolute atomic E-state index is 11.8. The second-order valence-electron chi connectivity index (χ2n) is 5.49. The van der Waals surface area contributed by atoms with Gasteiger partial charge in [0.1, 0.15) is 0 Å². The van der Waals surface area contributed by atoms with Crippen molar-refractivity contribution in [3.8, 4) is 0 Å². The number of esters is 1. The maximum atomic E-state index is 11.8. The second-order valence-corrected chi connectivity index (χ2v) is 7.00. The number of hydrogen-bond acceptors (Lipinski definition) is 2. The van der Waals surface area contributed by atoms with Gasteiger partial charge in [0.25, 0.3) is 0 Å². The molecule has 2 nitrogen and oxygen atoms in total. The van der Waals surface area contributed by atoms with E-state index in [2.05, 4.69) is 15.9 Å². The number of hydrogen-bond donors (Lipinski definition) is 0. The summed E-state index contributed by atoms with van der Waals surface area (Å²) in [4.78, 5) is 12.0. The number of benzene rings is 1. The predicted octanol–water partition coefficient (Wildman–Crippen LogP) is 5.54. The van der Waals surface area contributed by atoms with Crippen LogP contribution in [0, 0.1) is 5.41 Å². The van der Waals surface area contributed by atoms with Gasteiger partial charge in [-0.15, -0.1) is 0 Å². The van der Waals surface area contributed by atoms with Gasteiger partial charge in [0, 0.05) is 9.85 Å². The van der Waals surface area contributed by atoms with Crippen LogP contribution in [0.2, 0.25) is 5.02 Å². The second kappa shape index (κ2) is 8.04. The van der Waals surface area contributed by atoms with Crippen molar-refractivity contribution in [3.63, 3.8) is 0 Å². The molecule has 0 aromatic heterocycles. The molecule has 0 amide bonds. The maximum Gasteiger partial charge on any atom is 0.311 e. The summed E-state index contributed by atoms with van der Waals surface area (Å²) >= 11 is 9.85. The molecule has 112 valence electrons. The van der Waals surface area contributed by atoms with Gasteiger partial charge in [0.05, 0.1) is 12.0 Å². The zero-order valence-corrected chi connectivity index (χ0v) is 14.6. The molecular formula is C16H22BrClO2. The molecule has 0 aliphatic carbocycles. The molecule has 0 saturated heterocycles. The molecule has 0 saturated carbocycles. The van der Waals surface area contributed by atoms with E-state index in [-0.39, 0.29) is 10.8 Å². The van der Waals surface area contributed by atoms with Gasteiger partial charge in [-0.05, 0) is 45.2 Å². The van der Waals surface area contributed by atoms with Crippen molar-refractivity contribution in [2.24, 2.45) is 5.41 Å². The van der Waals surface area contributed by atoms with Crippen LogP contribution < -0.4 is 0 Å². The van der Waals surface area contributed by atoms with Crippen molar-refractivity contribution in [3.05, 3.63) is 34.9 Å². The van der Waals surface area contributed by atoms with Gasteiger partial charge in [0.15, 0.2) is 0 Å². The van der Waals surface area contributed by atoms with E-state index in [4.69, 9.17) is 16.3 Å². The Kier molecular flexibility index (Phi) is 7.04. The minimum absolute atomic E-state index is 0.121. The first-order valence-corrected chi connectivity index (χ1v) is 8.23. The average molecular weight is 362 g/mol. The summed E-state index contributed by atoms with van der Waals surface area (Å²) in [6, 6.07) is 7.83. The minimum atomic E-state index is -0.427. The molecule has 0 heterocycles. The molecule has 0 fully saturated rings. The summed E-state index contributed by atoms with van der Waals surface area (Å²) in [6.07, 6.45) is 2.68. The fourth-order valence-electron chi connectivity index (χ4n) is 2.04. The Morgan fingerprint density at radius 1 is 1.40 bits per heavy atom. The van der Waals surface area contributed by atoms with Crippen molar-refractivity contribution in [2.45, 2.75) is 44.9 Å². The Balaban J connectivity index is 2.48. The summed E-state index contributed by atoms with van der Waals surface area (Å²) < 4.78 is 5.10. The smallest absolute Gasteiger partial charge is 0.311 e. The molecule has 20 heavy (non-hydrogen) atoms. The summed E-state index contributed by atoms with van der Waals surface area (Å²) in [5, 5.41) is 0.777. The molecule has 0 unspecified atom stereocenters. The Morgan fingerprint density at radius 3 is 2.65 bits per heavy atom. The van der Waals surface area contributed by atoms with Gasteiger partial charge in [-0.3, -0.25) is 4.79 Å². The van der Waals surface area contributed by atoms with Gasteiger partial charge < -0.3 is 4.74 Å². The summed E-state index contributed by atoms with van der Waals surface area (Å²) in [5.41, 5.74) is 0.673. The van der Waals surface area contributed by atoms with Crippen LogP contribution in [0.3, 0.4) is 0 Å². The van der Waals surface area contributed by atoms with Gasteiger partial charge in [-0.2, -0.15) is 0 Å². The lowest BCUT2D eigenvalue weighted by Gasteiger charge is -2.22. The summed E-state index contributed by atoms with van der Waals surface area (Å²) in [6.45, 7) is 6.14. The molecule has 0 radical (unpaired) electrons. The van der Waals surface area contributed by atoms with E-state index in [0.29, 0.717) is 6.61 Å². The molecule has 0 N–H and O–H groups in total. The highest BCUT2D eigenvalue weighted by atomic mass is 79.9. The Labute approximate surface area is 135 Å². The third-order valence-corrected chi connectivity index (χ3v) is 4.63. The zero-order valence-electron chi connectivity index (χ0n) is 12.3. The lowest BCUT2D eigenvalue weighted by atomic mass is 9.86. The van der Waals surface area contributed by atoms with Crippen LogP contribution in [0.1, 0.15) is 50.4 Å². The van der Waals surface area contributed by atoms with E-state index < -0.39 is 5.41 Å². The third-order valence-electron chi connectivity index (χ3n) is 3.33. The molecule has 0 bridgehead atoms. The van der Waals surface area contributed by atoms with Crippen LogP contribution in [-0.4, -0.2) is 12.6 Å². The van der Waals surface area contributed by atoms with Crippen molar-refractivity contribution in [1.82, 2.24) is 0 Å². The standard InChI is InChI=1S/C16H22BrClO2/c1-4-20-15(19)16(2,3)11-7-9-13(17)12-8-5-6-10-14(12)18/h5-6,8,10,13H,4,7,9,11H2,1-3H3/t13-/m0/s1. The summed E-state index contributed by atoms with van der Waals surface area (Å²) in [5.74, 6) is -0.121. The van der Waals surface area contributed by atoms with Crippen molar-refractivity contribution < 1.29 is 9.53 Å². The number of carbonyl (C=O) groups excluding carboxylic acids is 1. The number of halogens is 2. The molecular weight excluding hydrogens is 340 g/mol.